The molecule has 0 fully saturated rings. The molecule has 0 aliphatic carbocycles. The number of hydrogen-bond acceptors (Lipinski definition) is 0. The normalized spacial score (nSPS) is 9.18. The molecule has 0 saturated heterocycles. The molecule has 0 aliphatic rings. The summed E-state index contributed by atoms with van der Waals surface area (Å²) < 4.78 is 0. The largest absolute Gasteiger partial charge is 0.102 e. The molecule has 0 heteroatoms. The van der Waals surface area contributed by atoms with Crippen molar-refractivity contribution in [2.24, 2.45) is 0 Å². The first kappa shape index (κ1) is 7.63. The number of rotatable bonds is 1. The Hall–Kier alpha value is -1.48. The van der Waals surface area contributed by atoms with E-state index in [1.807, 2.05) is 49.4 Å². The third-order valence-electron chi connectivity index (χ3n) is 1.30. The molecule has 0 aromatic heterocycles. The zero-order chi connectivity index (χ0) is 7.94. The van der Waals surface area contributed by atoms with Crippen LogP contribution in [0.2, 0.25) is 0 Å². The van der Waals surface area contributed by atoms with Crippen molar-refractivity contribution in [3.8, 4) is 11.8 Å². The molecule has 54 valence electrons. The summed E-state index contributed by atoms with van der Waals surface area (Å²) >= 11 is 0. The molecule has 0 saturated carbocycles. The van der Waals surface area contributed by atoms with Gasteiger partial charge in [-0.3, -0.25) is 0 Å². The molecule has 0 N–H and O–H groups in total. The molecule has 0 amide bonds. The molecule has 1 rings (SSSR count). The maximum atomic E-state index is 2.87. The first-order valence-electron chi connectivity index (χ1n) is 3.57. The lowest BCUT2D eigenvalue weighted by Crippen LogP contribution is -1.66. The highest BCUT2D eigenvalue weighted by Crippen LogP contribution is 1.99. The summed E-state index contributed by atoms with van der Waals surface area (Å²) in [6, 6.07) is 10.1. The fourth-order valence-electron chi connectivity index (χ4n) is 0.785. The van der Waals surface area contributed by atoms with E-state index in [0.29, 0.717) is 0 Å². The fraction of sp³-hybridized carbons (Fsp3) is 0.0909. The SMILES string of the molecule is CC#CC=Cc1ccccc1. The average molecular weight is 142 g/mol. The average Bonchev–Trinajstić information content (AvgIpc) is 2.07. The van der Waals surface area contributed by atoms with E-state index in [-0.39, 0.29) is 0 Å². The predicted octanol–water partition coefficient (Wildman–Crippen LogP) is 2.72. The molecule has 0 spiro atoms. The monoisotopic (exact) mass is 142 g/mol. The van der Waals surface area contributed by atoms with Crippen LogP contribution in [-0.4, -0.2) is 0 Å². The number of benzene rings is 1. The topological polar surface area (TPSA) is 0 Å². The van der Waals surface area contributed by atoms with E-state index in [1.54, 1.807) is 0 Å². The van der Waals surface area contributed by atoms with Gasteiger partial charge in [-0.2, -0.15) is 0 Å². The number of allylic oxidation sites excluding steroid dienone is 1. The Morgan fingerprint density at radius 2 is 1.91 bits per heavy atom. The summed E-state index contributed by atoms with van der Waals surface area (Å²) in [6.07, 6.45) is 3.85. The maximum Gasteiger partial charge on any atom is -0.00235 e. The molecule has 1 aromatic rings. The standard InChI is InChI=1S/C11H10/c1-2-3-5-8-11-9-6-4-7-10-11/h4-10H,1H3. The zero-order valence-corrected chi connectivity index (χ0v) is 6.54. The van der Waals surface area contributed by atoms with Crippen LogP contribution in [0.15, 0.2) is 36.4 Å². The Kier molecular flexibility index (Phi) is 3.02. The highest BCUT2D eigenvalue weighted by molar-refractivity contribution is 5.52. The maximum absolute atomic E-state index is 2.87. The molecule has 0 bridgehead atoms. The van der Waals surface area contributed by atoms with E-state index >= 15 is 0 Å². The highest BCUT2D eigenvalue weighted by atomic mass is 13.8. The molecule has 0 unspecified atom stereocenters. The van der Waals surface area contributed by atoms with E-state index in [2.05, 4.69) is 11.8 Å². The Labute approximate surface area is 67.6 Å². The lowest BCUT2D eigenvalue weighted by atomic mass is 10.2. The van der Waals surface area contributed by atoms with Crippen LogP contribution in [0, 0.1) is 11.8 Å². The van der Waals surface area contributed by atoms with Gasteiger partial charge < -0.3 is 0 Å². The number of hydrogen-bond donors (Lipinski definition) is 0. The molecule has 0 aliphatic heterocycles. The third kappa shape index (κ3) is 2.73. The summed E-state index contributed by atoms with van der Waals surface area (Å²) in [7, 11) is 0. The third-order valence-corrected chi connectivity index (χ3v) is 1.30. The van der Waals surface area contributed by atoms with Gasteiger partial charge in [-0.25, -0.2) is 0 Å². The second-order valence-corrected chi connectivity index (χ2v) is 2.14. The van der Waals surface area contributed by atoms with E-state index in [4.69, 9.17) is 0 Å². The summed E-state index contributed by atoms with van der Waals surface area (Å²) in [5, 5.41) is 0. The minimum atomic E-state index is 1.19. The summed E-state index contributed by atoms with van der Waals surface area (Å²) in [6.45, 7) is 1.83. The van der Waals surface area contributed by atoms with Crippen molar-refractivity contribution in [2.75, 3.05) is 0 Å². The van der Waals surface area contributed by atoms with Crippen molar-refractivity contribution in [1.29, 1.82) is 0 Å². The zero-order valence-electron chi connectivity index (χ0n) is 6.54. The van der Waals surface area contributed by atoms with Gasteiger partial charge in [0.15, 0.2) is 0 Å². The smallest absolute Gasteiger partial charge is 0.00235 e. The van der Waals surface area contributed by atoms with Gasteiger partial charge in [0, 0.05) is 0 Å². The van der Waals surface area contributed by atoms with Crippen LogP contribution in [-0.2, 0) is 0 Å². The second-order valence-electron chi connectivity index (χ2n) is 2.14. The van der Waals surface area contributed by atoms with Gasteiger partial charge in [0.1, 0.15) is 0 Å². The molecule has 0 nitrogen and oxygen atoms in total. The van der Waals surface area contributed by atoms with Crippen LogP contribution < -0.4 is 0 Å². The van der Waals surface area contributed by atoms with Crippen LogP contribution in [0.1, 0.15) is 12.5 Å². The van der Waals surface area contributed by atoms with E-state index in [9.17, 15) is 0 Å². The van der Waals surface area contributed by atoms with E-state index in [0.717, 1.165) is 0 Å². The quantitative estimate of drug-likeness (QED) is 0.529. The Balaban J connectivity index is 2.69. The molecular weight excluding hydrogens is 132 g/mol. The van der Waals surface area contributed by atoms with Crippen molar-refractivity contribution in [3.05, 3.63) is 42.0 Å². The molecule has 1 aromatic carbocycles. The highest BCUT2D eigenvalue weighted by Gasteiger charge is 1.78. The molecule has 0 atom stereocenters. The van der Waals surface area contributed by atoms with Crippen molar-refractivity contribution >= 4 is 6.08 Å². The van der Waals surface area contributed by atoms with Gasteiger partial charge in [0.2, 0.25) is 0 Å². The first-order valence-corrected chi connectivity index (χ1v) is 3.57. The van der Waals surface area contributed by atoms with Gasteiger partial charge in [0.05, 0.1) is 0 Å². The predicted molar refractivity (Wildman–Crippen MR) is 48.9 cm³/mol. The summed E-state index contributed by atoms with van der Waals surface area (Å²) in [5.74, 6) is 5.67. The Morgan fingerprint density at radius 3 is 2.55 bits per heavy atom. The fourth-order valence-corrected chi connectivity index (χ4v) is 0.785. The minimum absolute atomic E-state index is 1.19. The van der Waals surface area contributed by atoms with Crippen LogP contribution in [0.3, 0.4) is 0 Å². The first-order chi connectivity index (χ1) is 5.43. The Morgan fingerprint density at radius 1 is 1.18 bits per heavy atom. The van der Waals surface area contributed by atoms with Crippen molar-refractivity contribution in [2.45, 2.75) is 6.92 Å². The molecule has 0 radical (unpaired) electrons. The van der Waals surface area contributed by atoms with Crippen LogP contribution >= 0.6 is 0 Å². The van der Waals surface area contributed by atoms with Crippen LogP contribution in [0.5, 0.6) is 0 Å². The Bertz CT molecular complexity index is 283. The van der Waals surface area contributed by atoms with Crippen molar-refractivity contribution in [3.63, 3.8) is 0 Å². The summed E-state index contributed by atoms with van der Waals surface area (Å²) in [4.78, 5) is 0. The van der Waals surface area contributed by atoms with Crippen molar-refractivity contribution in [1.82, 2.24) is 0 Å². The van der Waals surface area contributed by atoms with Gasteiger partial charge in [0.25, 0.3) is 0 Å². The molecular formula is C11H10. The van der Waals surface area contributed by atoms with Crippen molar-refractivity contribution < 1.29 is 0 Å². The van der Waals surface area contributed by atoms with Crippen LogP contribution in [0.4, 0.5) is 0 Å². The van der Waals surface area contributed by atoms with Gasteiger partial charge >= 0.3 is 0 Å². The van der Waals surface area contributed by atoms with Gasteiger partial charge in [-0.1, -0.05) is 36.3 Å². The van der Waals surface area contributed by atoms with E-state index in [1.165, 1.54) is 5.56 Å². The molecule has 11 heavy (non-hydrogen) atoms. The van der Waals surface area contributed by atoms with E-state index < -0.39 is 0 Å². The lowest BCUT2D eigenvalue weighted by Gasteiger charge is -1.86. The minimum Gasteiger partial charge on any atom is -0.102 e. The second kappa shape index (κ2) is 4.35. The summed E-state index contributed by atoms with van der Waals surface area (Å²) in [5.41, 5.74) is 1.19. The lowest BCUT2D eigenvalue weighted by molar-refractivity contribution is 1.66. The van der Waals surface area contributed by atoms with Gasteiger partial charge in [-0.05, 0) is 24.6 Å². The van der Waals surface area contributed by atoms with Gasteiger partial charge in [-0.15, -0.1) is 5.92 Å². The van der Waals surface area contributed by atoms with Crippen LogP contribution in [0.25, 0.3) is 6.08 Å². The molecule has 0 heterocycles.